The summed E-state index contributed by atoms with van der Waals surface area (Å²) in [5, 5.41) is 3.40. The van der Waals surface area contributed by atoms with Gasteiger partial charge in [-0.2, -0.15) is 0 Å². The number of hydrogen-bond acceptors (Lipinski definition) is 5. The molecule has 0 radical (unpaired) electrons. The Hall–Kier alpha value is -1.83. The summed E-state index contributed by atoms with van der Waals surface area (Å²) in [4.78, 5) is 27.2. The fraction of sp³-hybridized carbons (Fsp3) is 0.375. The Balaban J connectivity index is 0.00000208. The van der Waals surface area contributed by atoms with Gasteiger partial charge in [0.15, 0.2) is 5.76 Å². The molecule has 24 heavy (non-hydrogen) atoms. The van der Waals surface area contributed by atoms with Crippen molar-refractivity contribution in [2.45, 2.75) is 25.8 Å². The number of nitrogens with zero attached hydrogens (tertiary/aromatic N) is 1. The SMILES string of the molecule is Cc1cc(NC(=O)c2ccco2)sc1C(=O)N1CCCC1CN.Cl. The average Bonchev–Trinajstić information content (AvgIpc) is 3.27. The van der Waals surface area contributed by atoms with Crippen molar-refractivity contribution in [2.24, 2.45) is 5.73 Å². The first-order chi connectivity index (χ1) is 11.1. The molecule has 0 aromatic carbocycles. The monoisotopic (exact) mass is 369 g/mol. The maximum atomic E-state index is 12.7. The van der Waals surface area contributed by atoms with Gasteiger partial charge in [-0.25, -0.2) is 0 Å². The number of carbonyl (C=O) groups excluding carboxylic acids is 2. The summed E-state index contributed by atoms with van der Waals surface area (Å²) in [7, 11) is 0. The molecule has 3 rings (SSSR count). The Kier molecular flexibility index (Phi) is 6.04. The molecule has 0 bridgehead atoms. The van der Waals surface area contributed by atoms with Crippen molar-refractivity contribution < 1.29 is 14.0 Å². The molecule has 0 spiro atoms. The third-order valence-corrected chi connectivity index (χ3v) is 5.14. The zero-order chi connectivity index (χ0) is 16.4. The molecule has 0 saturated carbocycles. The Bertz CT molecular complexity index is 714. The van der Waals surface area contributed by atoms with E-state index in [0.717, 1.165) is 24.9 Å². The number of nitrogens with one attached hydrogen (secondary N) is 1. The number of halogens is 1. The van der Waals surface area contributed by atoms with Crippen LogP contribution in [0.3, 0.4) is 0 Å². The van der Waals surface area contributed by atoms with Crippen LogP contribution in [-0.4, -0.2) is 35.8 Å². The van der Waals surface area contributed by atoms with Crippen molar-refractivity contribution in [3.8, 4) is 0 Å². The first-order valence-corrected chi connectivity index (χ1v) is 8.38. The maximum Gasteiger partial charge on any atom is 0.291 e. The second-order valence-electron chi connectivity index (χ2n) is 5.58. The molecule has 1 atom stereocenters. The second kappa shape index (κ2) is 7.83. The lowest BCUT2D eigenvalue weighted by molar-refractivity contribution is 0.0745. The number of carbonyl (C=O) groups is 2. The molecule has 3 heterocycles. The zero-order valence-electron chi connectivity index (χ0n) is 13.3. The third-order valence-electron chi connectivity index (χ3n) is 4.00. The van der Waals surface area contributed by atoms with Gasteiger partial charge in [0.25, 0.3) is 11.8 Å². The minimum atomic E-state index is -0.323. The molecule has 2 aromatic heterocycles. The highest BCUT2D eigenvalue weighted by atomic mass is 35.5. The van der Waals surface area contributed by atoms with Crippen LogP contribution in [0.2, 0.25) is 0 Å². The number of nitrogens with two attached hydrogens (primary N) is 1. The van der Waals surface area contributed by atoms with Gasteiger partial charge in [-0.15, -0.1) is 23.7 Å². The predicted octanol–water partition coefficient (Wildman–Crippen LogP) is 2.89. The van der Waals surface area contributed by atoms with Crippen molar-refractivity contribution in [1.82, 2.24) is 4.90 Å². The van der Waals surface area contributed by atoms with Gasteiger partial charge < -0.3 is 20.4 Å². The first-order valence-electron chi connectivity index (χ1n) is 7.56. The lowest BCUT2D eigenvalue weighted by atomic mass is 10.2. The summed E-state index contributed by atoms with van der Waals surface area (Å²) >= 11 is 1.29. The van der Waals surface area contributed by atoms with Crippen LogP contribution < -0.4 is 11.1 Å². The molecule has 8 heteroatoms. The largest absolute Gasteiger partial charge is 0.459 e. The number of furan rings is 1. The van der Waals surface area contributed by atoms with E-state index in [2.05, 4.69) is 5.32 Å². The quantitative estimate of drug-likeness (QED) is 0.867. The molecule has 130 valence electrons. The van der Waals surface area contributed by atoms with E-state index in [-0.39, 0.29) is 36.0 Å². The topological polar surface area (TPSA) is 88.6 Å². The van der Waals surface area contributed by atoms with E-state index < -0.39 is 0 Å². The maximum absolute atomic E-state index is 12.7. The molecule has 3 N–H and O–H groups in total. The van der Waals surface area contributed by atoms with Crippen LogP contribution in [0.1, 0.15) is 38.6 Å². The van der Waals surface area contributed by atoms with Crippen molar-refractivity contribution in [1.29, 1.82) is 0 Å². The van der Waals surface area contributed by atoms with E-state index in [0.29, 0.717) is 16.4 Å². The van der Waals surface area contributed by atoms with Crippen LogP contribution in [0.5, 0.6) is 0 Å². The number of aryl methyl sites for hydroxylation is 1. The fourth-order valence-corrected chi connectivity index (χ4v) is 3.84. The molecule has 1 aliphatic heterocycles. The second-order valence-corrected chi connectivity index (χ2v) is 6.64. The summed E-state index contributed by atoms with van der Waals surface area (Å²) < 4.78 is 5.07. The lowest BCUT2D eigenvalue weighted by Crippen LogP contribution is -2.39. The fourth-order valence-electron chi connectivity index (χ4n) is 2.82. The molecular weight excluding hydrogens is 350 g/mol. The normalized spacial score (nSPS) is 16.8. The minimum Gasteiger partial charge on any atom is -0.459 e. The highest BCUT2D eigenvalue weighted by molar-refractivity contribution is 7.18. The summed E-state index contributed by atoms with van der Waals surface area (Å²) in [6.07, 6.45) is 3.39. The number of likely N-dealkylation sites (tertiary alicyclic amines) is 1. The number of hydrogen-bond donors (Lipinski definition) is 2. The summed E-state index contributed by atoms with van der Waals surface area (Å²) in [6.45, 7) is 3.10. The molecule has 0 aliphatic carbocycles. The van der Waals surface area contributed by atoms with Crippen molar-refractivity contribution in [3.63, 3.8) is 0 Å². The summed E-state index contributed by atoms with van der Waals surface area (Å²) in [5.41, 5.74) is 6.60. The standard InChI is InChI=1S/C16H19N3O3S.ClH/c1-10-8-13(18-15(20)12-5-3-7-22-12)23-14(10)16(21)19-6-2-4-11(19)9-17;/h3,5,7-8,11H,2,4,6,9,17H2,1H3,(H,18,20);1H. The molecule has 2 amide bonds. The van der Waals surface area contributed by atoms with Crippen LogP contribution in [0.25, 0.3) is 0 Å². The van der Waals surface area contributed by atoms with Crippen molar-refractivity contribution in [3.05, 3.63) is 40.7 Å². The molecule has 1 aliphatic rings. The Morgan fingerprint density at radius 1 is 1.50 bits per heavy atom. The van der Waals surface area contributed by atoms with Crippen LogP contribution in [0, 0.1) is 6.92 Å². The molecular formula is C16H20ClN3O3S. The summed E-state index contributed by atoms with van der Waals surface area (Å²) in [6, 6.07) is 5.18. The van der Waals surface area contributed by atoms with Gasteiger partial charge in [0, 0.05) is 19.1 Å². The Labute approximate surface area is 150 Å². The van der Waals surface area contributed by atoms with Gasteiger partial charge >= 0.3 is 0 Å². The molecule has 1 fully saturated rings. The van der Waals surface area contributed by atoms with Crippen LogP contribution in [0.15, 0.2) is 28.9 Å². The molecule has 1 unspecified atom stereocenters. The van der Waals surface area contributed by atoms with E-state index in [1.165, 1.54) is 17.6 Å². The molecule has 1 saturated heterocycles. The Morgan fingerprint density at radius 2 is 2.29 bits per heavy atom. The molecule has 6 nitrogen and oxygen atoms in total. The molecule has 2 aromatic rings. The van der Waals surface area contributed by atoms with Gasteiger partial charge in [-0.05, 0) is 43.5 Å². The van der Waals surface area contributed by atoms with E-state index in [1.807, 2.05) is 17.9 Å². The van der Waals surface area contributed by atoms with Gasteiger partial charge in [-0.3, -0.25) is 9.59 Å². The number of anilines is 1. The lowest BCUT2D eigenvalue weighted by Gasteiger charge is -2.23. The van der Waals surface area contributed by atoms with E-state index in [1.54, 1.807) is 12.1 Å². The minimum absolute atomic E-state index is 0. The van der Waals surface area contributed by atoms with Gasteiger partial charge in [-0.1, -0.05) is 0 Å². The van der Waals surface area contributed by atoms with Gasteiger partial charge in [0.2, 0.25) is 0 Å². The first kappa shape index (κ1) is 18.5. The van der Waals surface area contributed by atoms with Gasteiger partial charge in [0.1, 0.15) is 0 Å². The van der Waals surface area contributed by atoms with Crippen LogP contribution >= 0.6 is 23.7 Å². The Morgan fingerprint density at radius 3 is 2.96 bits per heavy atom. The number of thiophene rings is 1. The van der Waals surface area contributed by atoms with E-state index in [9.17, 15) is 9.59 Å². The highest BCUT2D eigenvalue weighted by Gasteiger charge is 2.30. The van der Waals surface area contributed by atoms with Gasteiger partial charge in [0.05, 0.1) is 16.1 Å². The predicted molar refractivity (Wildman–Crippen MR) is 96.1 cm³/mol. The van der Waals surface area contributed by atoms with Crippen LogP contribution in [-0.2, 0) is 0 Å². The number of rotatable bonds is 4. The highest BCUT2D eigenvalue weighted by Crippen LogP contribution is 2.30. The van der Waals surface area contributed by atoms with E-state index >= 15 is 0 Å². The summed E-state index contributed by atoms with van der Waals surface area (Å²) in [5.74, 6) is -0.0816. The third kappa shape index (κ3) is 3.63. The zero-order valence-corrected chi connectivity index (χ0v) is 14.9. The van der Waals surface area contributed by atoms with E-state index in [4.69, 9.17) is 10.2 Å². The number of amides is 2. The van der Waals surface area contributed by atoms with Crippen molar-refractivity contribution >= 4 is 40.6 Å². The smallest absolute Gasteiger partial charge is 0.291 e. The van der Waals surface area contributed by atoms with Crippen LogP contribution in [0.4, 0.5) is 5.00 Å². The van der Waals surface area contributed by atoms with Crippen molar-refractivity contribution in [2.75, 3.05) is 18.4 Å². The average molecular weight is 370 g/mol.